The highest BCUT2D eigenvalue weighted by atomic mass is 15.1. The quantitative estimate of drug-likeness (QED) is 0.467. The Kier molecular flexibility index (Phi) is 7.43. The minimum absolute atomic E-state index is 0.830. The summed E-state index contributed by atoms with van der Waals surface area (Å²) >= 11 is 0. The van der Waals surface area contributed by atoms with Gasteiger partial charge in [-0.1, -0.05) is 91.0 Å². The molecule has 0 atom stereocenters. The lowest BCUT2D eigenvalue weighted by atomic mass is 10.0. The summed E-state index contributed by atoms with van der Waals surface area (Å²) in [5, 5.41) is 0. The number of rotatable bonds is 8. The third-order valence-electron chi connectivity index (χ3n) is 4.74. The van der Waals surface area contributed by atoms with Gasteiger partial charge in [-0.25, -0.2) is 0 Å². The average molecular weight is 358 g/mol. The average Bonchev–Trinajstić information content (AvgIpc) is 2.65. The summed E-state index contributed by atoms with van der Waals surface area (Å²) < 4.78 is 0. The molecule has 0 unspecified atom stereocenters. The summed E-state index contributed by atoms with van der Waals surface area (Å²) in [6, 6.07) is 17.1. The summed E-state index contributed by atoms with van der Waals surface area (Å²) in [5.74, 6) is 0. The summed E-state index contributed by atoms with van der Waals surface area (Å²) in [4.78, 5) is 2.22. The van der Waals surface area contributed by atoms with E-state index in [0.717, 1.165) is 29.8 Å². The molecule has 2 aromatic rings. The highest BCUT2D eigenvalue weighted by Gasteiger charge is 2.05. The van der Waals surface area contributed by atoms with Crippen LogP contribution in [-0.4, -0.2) is 11.9 Å². The van der Waals surface area contributed by atoms with Crippen LogP contribution in [0.2, 0.25) is 0 Å². The molecule has 0 amide bonds. The Balaban J connectivity index is 1.96. The number of nitrogens with zero attached hydrogens (tertiary/aromatic N) is 1. The van der Waals surface area contributed by atoms with Crippen LogP contribution in [0.3, 0.4) is 0 Å². The molecular weight excluding hydrogens is 326 g/mol. The minimum atomic E-state index is 0.830. The first-order valence-electron chi connectivity index (χ1n) is 9.42. The van der Waals surface area contributed by atoms with Gasteiger partial charge in [-0.2, -0.15) is 0 Å². The van der Waals surface area contributed by atoms with Crippen LogP contribution in [0.25, 0.3) is 5.57 Å². The van der Waals surface area contributed by atoms with Gasteiger partial charge < -0.3 is 4.90 Å². The van der Waals surface area contributed by atoms with E-state index in [1.807, 2.05) is 0 Å². The molecule has 0 aliphatic rings. The molecule has 2 aromatic carbocycles. The number of benzene rings is 2. The second kappa shape index (κ2) is 9.78. The minimum Gasteiger partial charge on any atom is -0.374 e. The van der Waals surface area contributed by atoms with Crippen molar-refractivity contribution in [2.75, 3.05) is 7.05 Å². The maximum Gasteiger partial charge on any atom is 0.0423 e. The van der Waals surface area contributed by atoms with Crippen molar-refractivity contribution in [3.05, 3.63) is 113 Å². The van der Waals surface area contributed by atoms with E-state index >= 15 is 0 Å². The third-order valence-corrected chi connectivity index (χ3v) is 4.74. The first-order valence-corrected chi connectivity index (χ1v) is 9.42. The number of hydrogen-bond donors (Lipinski definition) is 0. The van der Waals surface area contributed by atoms with E-state index in [9.17, 15) is 0 Å². The zero-order chi connectivity index (χ0) is 19.8. The Morgan fingerprint density at radius 1 is 0.963 bits per heavy atom. The highest BCUT2D eigenvalue weighted by molar-refractivity contribution is 5.72. The predicted octanol–water partition coefficient (Wildman–Crippen LogP) is 6.85. The number of aryl methyl sites for hydroxylation is 2. The lowest BCUT2D eigenvalue weighted by Crippen LogP contribution is -2.16. The van der Waals surface area contributed by atoms with Gasteiger partial charge in [0, 0.05) is 25.7 Å². The summed E-state index contributed by atoms with van der Waals surface area (Å²) in [7, 11) is 2.10. The Bertz CT molecular complexity index is 850. The zero-order valence-corrected chi connectivity index (χ0v) is 17.1. The van der Waals surface area contributed by atoms with Gasteiger partial charge in [-0.15, -0.1) is 0 Å². The molecule has 0 aromatic heterocycles. The van der Waals surface area contributed by atoms with E-state index < -0.39 is 0 Å². The van der Waals surface area contributed by atoms with Crippen LogP contribution in [0.4, 0.5) is 0 Å². The molecule has 0 N–H and O–H groups in total. The summed E-state index contributed by atoms with van der Waals surface area (Å²) in [6.45, 7) is 15.6. The van der Waals surface area contributed by atoms with Crippen LogP contribution in [0.5, 0.6) is 0 Å². The maximum atomic E-state index is 4.28. The van der Waals surface area contributed by atoms with Crippen LogP contribution < -0.4 is 0 Å². The standard InChI is InChI=1S/C26H31N/c1-7-24(14-13-22(4)26-15-11-20(2)12-16-26)18-23(5)27(6)19-25-10-8-9-21(3)17-25/h7-17H,4-5,18-19H2,1-3,6H3/b14-13-,24-7+. The molecule has 0 saturated carbocycles. The summed E-state index contributed by atoms with van der Waals surface area (Å²) in [5.41, 5.74) is 8.38. The van der Waals surface area contributed by atoms with Gasteiger partial charge in [-0.05, 0) is 43.0 Å². The fraction of sp³-hybridized carbons (Fsp3) is 0.231. The first-order chi connectivity index (χ1) is 12.9. The molecular formula is C26H31N. The predicted molar refractivity (Wildman–Crippen MR) is 120 cm³/mol. The van der Waals surface area contributed by atoms with Gasteiger partial charge in [0.2, 0.25) is 0 Å². The van der Waals surface area contributed by atoms with Crippen molar-refractivity contribution in [2.45, 2.75) is 33.7 Å². The molecule has 0 bridgehead atoms. The molecule has 0 aliphatic carbocycles. The van der Waals surface area contributed by atoms with Crippen LogP contribution >= 0.6 is 0 Å². The molecule has 0 aliphatic heterocycles. The molecule has 27 heavy (non-hydrogen) atoms. The molecule has 0 radical (unpaired) electrons. The van der Waals surface area contributed by atoms with Crippen molar-refractivity contribution in [3.8, 4) is 0 Å². The van der Waals surface area contributed by atoms with Gasteiger partial charge >= 0.3 is 0 Å². The topological polar surface area (TPSA) is 3.24 Å². The highest BCUT2D eigenvalue weighted by Crippen LogP contribution is 2.20. The Morgan fingerprint density at radius 3 is 2.30 bits per heavy atom. The van der Waals surface area contributed by atoms with Crippen molar-refractivity contribution in [1.82, 2.24) is 4.90 Å². The van der Waals surface area contributed by atoms with E-state index in [2.05, 4.69) is 113 Å². The van der Waals surface area contributed by atoms with E-state index in [-0.39, 0.29) is 0 Å². The van der Waals surface area contributed by atoms with Gasteiger partial charge in [0.1, 0.15) is 0 Å². The molecule has 0 fully saturated rings. The van der Waals surface area contributed by atoms with Crippen LogP contribution in [0, 0.1) is 13.8 Å². The molecule has 1 nitrogen and oxygen atoms in total. The van der Waals surface area contributed by atoms with E-state index in [0.29, 0.717) is 0 Å². The van der Waals surface area contributed by atoms with Gasteiger partial charge in [0.15, 0.2) is 0 Å². The second-order valence-electron chi connectivity index (χ2n) is 7.18. The largest absolute Gasteiger partial charge is 0.374 e. The normalized spacial score (nSPS) is 11.6. The van der Waals surface area contributed by atoms with E-state index in [1.54, 1.807) is 0 Å². The Labute approximate surface area is 165 Å². The van der Waals surface area contributed by atoms with Crippen molar-refractivity contribution in [3.63, 3.8) is 0 Å². The third kappa shape index (κ3) is 6.45. The SMILES string of the molecule is C=C(/C=C\C(=C/C)CC(=C)N(C)Cc1cccc(C)c1)c1ccc(C)cc1. The van der Waals surface area contributed by atoms with Crippen molar-refractivity contribution < 1.29 is 0 Å². The molecule has 0 heterocycles. The number of hydrogen-bond acceptors (Lipinski definition) is 1. The van der Waals surface area contributed by atoms with Crippen molar-refractivity contribution in [2.24, 2.45) is 0 Å². The second-order valence-corrected chi connectivity index (χ2v) is 7.18. The summed E-state index contributed by atoms with van der Waals surface area (Å²) in [6.07, 6.45) is 7.21. The van der Waals surface area contributed by atoms with Crippen LogP contribution in [-0.2, 0) is 6.54 Å². The van der Waals surface area contributed by atoms with Crippen LogP contribution in [0.15, 0.2) is 91.2 Å². The Morgan fingerprint density at radius 2 is 1.67 bits per heavy atom. The van der Waals surface area contributed by atoms with Crippen LogP contribution in [0.1, 0.15) is 35.6 Å². The smallest absolute Gasteiger partial charge is 0.0423 e. The van der Waals surface area contributed by atoms with E-state index in [4.69, 9.17) is 0 Å². The van der Waals surface area contributed by atoms with Crippen molar-refractivity contribution >= 4 is 5.57 Å². The van der Waals surface area contributed by atoms with Gasteiger partial charge in [0.25, 0.3) is 0 Å². The molecule has 0 saturated heterocycles. The number of allylic oxidation sites excluding steroid dienone is 5. The molecule has 2 rings (SSSR count). The molecule has 1 heteroatoms. The zero-order valence-electron chi connectivity index (χ0n) is 17.1. The lowest BCUT2D eigenvalue weighted by molar-refractivity contribution is 0.404. The van der Waals surface area contributed by atoms with Gasteiger partial charge in [0.05, 0.1) is 0 Å². The molecule has 0 spiro atoms. The fourth-order valence-electron chi connectivity index (χ4n) is 2.90. The van der Waals surface area contributed by atoms with Gasteiger partial charge in [-0.3, -0.25) is 0 Å². The van der Waals surface area contributed by atoms with E-state index in [1.165, 1.54) is 22.3 Å². The first kappa shape index (κ1) is 20.5. The fourth-order valence-corrected chi connectivity index (χ4v) is 2.90. The molecule has 140 valence electrons. The Hall–Kier alpha value is -2.80. The maximum absolute atomic E-state index is 4.28. The monoisotopic (exact) mass is 357 g/mol. The van der Waals surface area contributed by atoms with Crippen molar-refractivity contribution in [1.29, 1.82) is 0 Å². The lowest BCUT2D eigenvalue weighted by Gasteiger charge is -2.22.